The third-order valence-electron chi connectivity index (χ3n) is 4.60. The molecule has 28 heavy (non-hydrogen) atoms. The molecule has 0 atom stereocenters. The number of hydrogen-bond acceptors (Lipinski definition) is 4. The van der Waals surface area contributed by atoms with Gasteiger partial charge in [-0.2, -0.15) is 0 Å². The summed E-state index contributed by atoms with van der Waals surface area (Å²) >= 11 is 0. The van der Waals surface area contributed by atoms with Crippen molar-refractivity contribution in [3.05, 3.63) is 35.9 Å². The first-order chi connectivity index (χ1) is 13.1. The summed E-state index contributed by atoms with van der Waals surface area (Å²) in [6, 6.07) is 9.97. The molecule has 0 aromatic heterocycles. The van der Waals surface area contributed by atoms with E-state index in [0.717, 1.165) is 18.4 Å². The first-order valence-electron chi connectivity index (χ1n) is 10.0. The van der Waals surface area contributed by atoms with Crippen molar-refractivity contribution in [3.63, 3.8) is 0 Å². The second-order valence-corrected chi connectivity index (χ2v) is 8.75. The van der Waals surface area contributed by atoms with E-state index in [1.54, 1.807) is 18.7 Å². The van der Waals surface area contributed by atoms with Crippen LogP contribution in [0, 0.1) is 0 Å². The molecule has 2 rings (SSSR count). The van der Waals surface area contributed by atoms with E-state index in [-0.39, 0.29) is 18.6 Å². The van der Waals surface area contributed by atoms with Crippen molar-refractivity contribution < 1.29 is 19.1 Å². The minimum absolute atomic E-state index is 0.0259. The van der Waals surface area contributed by atoms with Crippen LogP contribution in [0.3, 0.4) is 0 Å². The number of nitrogens with zero attached hydrogens (tertiary/aromatic N) is 2. The molecule has 1 fully saturated rings. The van der Waals surface area contributed by atoms with Crippen LogP contribution < -0.4 is 0 Å². The lowest BCUT2D eigenvalue weighted by Crippen LogP contribution is -2.47. The lowest BCUT2D eigenvalue weighted by Gasteiger charge is -2.32. The molecule has 0 unspecified atom stereocenters. The summed E-state index contributed by atoms with van der Waals surface area (Å²) in [7, 11) is 0. The van der Waals surface area contributed by atoms with Gasteiger partial charge < -0.3 is 19.3 Å². The van der Waals surface area contributed by atoms with Gasteiger partial charge in [-0.25, -0.2) is 4.79 Å². The van der Waals surface area contributed by atoms with Crippen LogP contribution in [-0.4, -0.2) is 59.2 Å². The van der Waals surface area contributed by atoms with Crippen LogP contribution in [0.1, 0.15) is 53.0 Å². The van der Waals surface area contributed by atoms with E-state index in [4.69, 9.17) is 9.47 Å². The normalized spacial score (nSPS) is 19.1. The van der Waals surface area contributed by atoms with E-state index < -0.39 is 11.2 Å². The third kappa shape index (κ3) is 6.82. The van der Waals surface area contributed by atoms with Gasteiger partial charge >= 0.3 is 6.09 Å². The molecule has 1 aromatic carbocycles. The number of benzene rings is 1. The quantitative estimate of drug-likeness (QED) is 0.770. The maximum absolute atomic E-state index is 13.1. The van der Waals surface area contributed by atoms with Gasteiger partial charge in [0.25, 0.3) is 5.91 Å². The van der Waals surface area contributed by atoms with E-state index in [0.29, 0.717) is 26.2 Å². The highest BCUT2D eigenvalue weighted by Gasteiger charge is 2.34. The first kappa shape index (κ1) is 22.2. The van der Waals surface area contributed by atoms with Gasteiger partial charge in [-0.15, -0.1) is 0 Å². The Hall–Kier alpha value is -2.08. The van der Waals surface area contributed by atoms with Gasteiger partial charge in [0.15, 0.2) is 0 Å². The van der Waals surface area contributed by atoms with Crippen LogP contribution in [0.2, 0.25) is 0 Å². The van der Waals surface area contributed by atoms with E-state index in [2.05, 4.69) is 0 Å². The highest BCUT2D eigenvalue weighted by Crippen LogP contribution is 2.19. The molecule has 1 aliphatic heterocycles. The zero-order valence-electron chi connectivity index (χ0n) is 17.9. The minimum atomic E-state index is -0.946. The Morgan fingerprint density at radius 2 is 1.75 bits per heavy atom. The maximum Gasteiger partial charge on any atom is 0.410 e. The van der Waals surface area contributed by atoms with E-state index in [9.17, 15) is 9.59 Å². The number of carbonyl (C=O) groups is 2. The van der Waals surface area contributed by atoms with Crippen molar-refractivity contribution in [3.8, 4) is 0 Å². The molecule has 0 bridgehead atoms. The molecular weight excluding hydrogens is 356 g/mol. The fourth-order valence-electron chi connectivity index (χ4n) is 3.14. The number of carbonyl (C=O) groups excluding carboxylic acids is 2. The highest BCUT2D eigenvalue weighted by molar-refractivity contribution is 5.84. The van der Waals surface area contributed by atoms with E-state index in [1.807, 2.05) is 56.0 Å². The summed E-state index contributed by atoms with van der Waals surface area (Å²) < 4.78 is 11.4. The van der Waals surface area contributed by atoms with Gasteiger partial charge in [-0.3, -0.25) is 4.79 Å². The van der Waals surface area contributed by atoms with Crippen LogP contribution in [0.4, 0.5) is 4.79 Å². The number of amides is 2. The molecule has 0 spiro atoms. The summed E-state index contributed by atoms with van der Waals surface area (Å²) in [6.45, 7) is 11.6. The Labute approximate surface area is 168 Å². The lowest BCUT2D eigenvalue weighted by molar-refractivity contribution is -0.155. The average Bonchev–Trinajstić information content (AvgIpc) is 2.62. The SMILES string of the molecule is CC(C)(C)OC(=O)N1CCCCN(Cc2ccccc2)C(=O)C(C)(C)OCC1. The van der Waals surface area contributed by atoms with Gasteiger partial charge in [-0.1, -0.05) is 30.3 Å². The molecule has 1 heterocycles. The van der Waals surface area contributed by atoms with Crippen molar-refractivity contribution in [2.45, 2.75) is 65.2 Å². The van der Waals surface area contributed by atoms with Crippen molar-refractivity contribution >= 4 is 12.0 Å². The topological polar surface area (TPSA) is 59.1 Å². The molecule has 0 saturated carbocycles. The second kappa shape index (κ2) is 9.41. The molecule has 6 nitrogen and oxygen atoms in total. The number of hydrogen-bond donors (Lipinski definition) is 0. The van der Waals surface area contributed by atoms with E-state index >= 15 is 0 Å². The van der Waals surface area contributed by atoms with E-state index in [1.165, 1.54) is 0 Å². The molecule has 1 aliphatic rings. The zero-order chi connectivity index (χ0) is 20.8. The van der Waals surface area contributed by atoms with Gasteiger partial charge in [-0.05, 0) is 53.0 Å². The summed E-state index contributed by atoms with van der Waals surface area (Å²) in [6.07, 6.45) is 1.28. The zero-order valence-corrected chi connectivity index (χ0v) is 17.9. The Bertz CT molecular complexity index is 652. The summed E-state index contributed by atoms with van der Waals surface area (Å²) in [5, 5.41) is 0. The molecule has 156 valence electrons. The van der Waals surface area contributed by atoms with Crippen LogP contribution in [0.15, 0.2) is 30.3 Å². The molecule has 0 aliphatic carbocycles. The fourth-order valence-corrected chi connectivity index (χ4v) is 3.14. The molecule has 1 saturated heterocycles. The van der Waals surface area contributed by atoms with Crippen LogP contribution in [0.25, 0.3) is 0 Å². The maximum atomic E-state index is 13.1. The molecule has 0 N–H and O–H groups in total. The van der Waals surface area contributed by atoms with Gasteiger partial charge in [0.1, 0.15) is 11.2 Å². The predicted molar refractivity (Wildman–Crippen MR) is 109 cm³/mol. The number of ether oxygens (including phenoxy) is 2. The smallest absolute Gasteiger partial charge is 0.410 e. The molecule has 2 amide bonds. The average molecular weight is 391 g/mol. The van der Waals surface area contributed by atoms with Crippen molar-refractivity contribution in [2.24, 2.45) is 0 Å². The molecule has 0 radical (unpaired) electrons. The highest BCUT2D eigenvalue weighted by atomic mass is 16.6. The molecule has 1 aromatic rings. The summed E-state index contributed by atoms with van der Waals surface area (Å²) in [5.41, 5.74) is -0.387. The lowest BCUT2D eigenvalue weighted by atomic mass is 10.1. The van der Waals surface area contributed by atoms with Crippen LogP contribution in [0.5, 0.6) is 0 Å². The van der Waals surface area contributed by atoms with Gasteiger partial charge in [0.05, 0.1) is 6.61 Å². The van der Waals surface area contributed by atoms with Crippen molar-refractivity contribution in [1.29, 1.82) is 0 Å². The van der Waals surface area contributed by atoms with Crippen molar-refractivity contribution in [2.75, 3.05) is 26.2 Å². The Balaban J connectivity index is 2.09. The molecule has 6 heteroatoms. The predicted octanol–water partition coefficient (Wildman–Crippen LogP) is 3.84. The third-order valence-corrected chi connectivity index (χ3v) is 4.60. The minimum Gasteiger partial charge on any atom is -0.444 e. The second-order valence-electron chi connectivity index (χ2n) is 8.75. The standard InChI is InChI=1S/C22H34N2O4/c1-21(2,3)28-20(26)23-13-9-10-14-24(17-18-11-7-6-8-12-18)19(25)22(4,5)27-16-15-23/h6-8,11-12H,9-10,13-17H2,1-5H3. The fraction of sp³-hybridized carbons (Fsp3) is 0.636. The van der Waals surface area contributed by atoms with Crippen LogP contribution in [-0.2, 0) is 20.8 Å². The van der Waals surface area contributed by atoms with Crippen LogP contribution >= 0.6 is 0 Å². The Kier molecular flexibility index (Phi) is 7.47. The Morgan fingerprint density at radius 1 is 1.11 bits per heavy atom. The largest absolute Gasteiger partial charge is 0.444 e. The van der Waals surface area contributed by atoms with Gasteiger partial charge in [0, 0.05) is 26.2 Å². The summed E-state index contributed by atoms with van der Waals surface area (Å²) in [4.78, 5) is 29.1. The summed E-state index contributed by atoms with van der Waals surface area (Å²) in [5.74, 6) is -0.0259. The van der Waals surface area contributed by atoms with Gasteiger partial charge in [0.2, 0.25) is 0 Å². The Morgan fingerprint density at radius 3 is 2.39 bits per heavy atom. The monoisotopic (exact) mass is 390 g/mol. The first-order valence-corrected chi connectivity index (χ1v) is 10.0. The van der Waals surface area contributed by atoms with Crippen molar-refractivity contribution in [1.82, 2.24) is 9.80 Å². The molecular formula is C22H34N2O4. The number of rotatable bonds is 2.